The molecule has 7 heteroatoms. The Morgan fingerprint density at radius 3 is 2.33 bits per heavy atom. The van der Waals surface area contributed by atoms with Gasteiger partial charge in [-0.05, 0) is 49.2 Å². The number of hydrogen-bond donors (Lipinski definition) is 1. The molecule has 0 unspecified atom stereocenters. The normalized spacial score (nSPS) is 10.7. The summed E-state index contributed by atoms with van der Waals surface area (Å²) in [6.07, 6.45) is 3.45. The van der Waals surface area contributed by atoms with Gasteiger partial charge in [-0.25, -0.2) is 0 Å². The first-order valence-electron chi connectivity index (χ1n) is 9.53. The molecular formula is C23H21N5OS. The third kappa shape index (κ3) is 4.26. The molecule has 6 nitrogen and oxygen atoms in total. The Labute approximate surface area is 179 Å². The average Bonchev–Trinajstić information content (AvgIpc) is 3.20. The lowest BCUT2D eigenvalue weighted by Crippen LogP contribution is -2.16. The third-order valence-corrected chi connectivity index (χ3v) is 5.59. The zero-order valence-electron chi connectivity index (χ0n) is 16.7. The van der Waals surface area contributed by atoms with Gasteiger partial charge in [0.1, 0.15) is 0 Å². The van der Waals surface area contributed by atoms with Crippen molar-refractivity contribution in [2.45, 2.75) is 19.0 Å². The van der Waals surface area contributed by atoms with E-state index in [1.165, 1.54) is 11.8 Å². The molecule has 0 aliphatic rings. The van der Waals surface area contributed by atoms with Gasteiger partial charge < -0.3 is 5.32 Å². The number of benzene rings is 2. The summed E-state index contributed by atoms with van der Waals surface area (Å²) in [7, 11) is 0. The summed E-state index contributed by atoms with van der Waals surface area (Å²) in [5, 5.41) is 12.4. The number of rotatable bonds is 6. The zero-order chi connectivity index (χ0) is 20.9. The Morgan fingerprint density at radius 2 is 1.63 bits per heavy atom. The van der Waals surface area contributed by atoms with E-state index >= 15 is 0 Å². The molecule has 4 rings (SSSR count). The number of hydrogen-bond acceptors (Lipinski definition) is 5. The molecule has 0 aliphatic carbocycles. The van der Waals surface area contributed by atoms with Gasteiger partial charge in [-0.15, -0.1) is 10.2 Å². The van der Waals surface area contributed by atoms with Gasteiger partial charge in [-0.2, -0.15) is 0 Å². The predicted octanol–water partition coefficient (Wildman–Crippen LogP) is 4.68. The third-order valence-electron chi connectivity index (χ3n) is 4.66. The monoisotopic (exact) mass is 415 g/mol. The van der Waals surface area contributed by atoms with Crippen molar-refractivity contribution in [1.29, 1.82) is 0 Å². The molecule has 0 saturated heterocycles. The molecule has 30 heavy (non-hydrogen) atoms. The second-order valence-electron chi connectivity index (χ2n) is 6.82. The number of pyridine rings is 1. The molecule has 0 radical (unpaired) electrons. The van der Waals surface area contributed by atoms with Gasteiger partial charge in [0, 0.05) is 29.3 Å². The number of aryl methyl sites for hydroxylation is 2. The van der Waals surface area contributed by atoms with E-state index in [-0.39, 0.29) is 11.7 Å². The second-order valence-corrected chi connectivity index (χ2v) is 7.76. The van der Waals surface area contributed by atoms with Gasteiger partial charge in [0.25, 0.3) is 0 Å². The SMILES string of the molecule is Cc1cccc(C)c1NC(=O)CSc1nnc(-c2ccncc2)n1-c1ccccc1. The maximum absolute atomic E-state index is 12.6. The van der Waals surface area contributed by atoms with Gasteiger partial charge >= 0.3 is 0 Å². The molecular weight excluding hydrogens is 394 g/mol. The molecule has 150 valence electrons. The number of anilines is 1. The van der Waals surface area contributed by atoms with Crippen molar-refractivity contribution in [1.82, 2.24) is 19.7 Å². The summed E-state index contributed by atoms with van der Waals surface area (Å²) in [6, 6.07) is 19.6. The fraction of sp³-hybridized carbons (Fsp3) is 0.130. The maximum atomic E-state index is 12.6. The van der Waals surface area contributed by atoms with Crippen molar-refractivity contribution in [2.75, 3.05) is 11.1 Å². The molecule has 0 atom stereocenters. The Balaban J connectivity index is 1.59. The van der Waals surface area contributed by atoms with Crippen LogP contribution in [0, 0.1) is 13.8 Å². The van der Waals surface area contributed by atoms with E-state index in [9.17, 15) is 4.79 Å². The van der Waals surface area contributed by atoms with Crippen LogP contribution >= 0.6 is 11.8 Å². The van der Waals surface area contributed by atoms with Crippen molar-refractivity contribution in [3.05, 3.63) is 84.2 Å². The molecule has 1 amide bonds. The van der Waals surface area contributed by atoms with E-state index in [1.54, 1.807) is 12.4 Å². The van der Waals surface area contributed by atoms with Gasteiger partial charge in [0.05, 0.1) is 5.75 Å². The topological polar surface area (TPSA) is 72.7 Å². The van der Waals surface area contributed by atoms with Crippen LogP contribution < -0.4 is 5.32 Å². The van der Waals surface area contributed by atoms with E-state index in [2.05, 4.69) is 20.5 Å². The highest BCUT2D eigenvalue weighted by atomic mass is 32.2. The van der Waals surface area contributed by atoms with E-state index in [1.807, 2.05) is 79.1 Å². The van der Waals surface area contributed by atoms with Crippen molar-refractivity contribution in [3.63, 3.8) is 0 Å². The maximum Gasteiger partial charge on any atom is 0.234 e. The number of thioether (sulfide) groups is 1. The lowest BCUT2D eigenvalue weighted by Gasteiger charge is -2.12. The lowest BCUT2D eigenvalue weighted by molar-refractivity contribution is -0.113. The smallest absolute Gasteiger partial charge is 0.234 e. The molecule has 2 heterocycles. The van der Waals surface area contributed by atoms with Crippen molar-refractivity contribution in [3.8, 4) is 17.1 Å². The molecule has 2 aromatic carbocycles. The highest BCUT2D eigenvalue weighted by Crippen LogP contribution is 2.28. The summed E-state index contributed by atoms with van der Waals surface area (Å²) in [6.45, 7) is 3.98. The minimum absolute atomic E-state index is 0.0783. The number of carbonyl (C=O) groups excluding carboxylic acids is 1. The molecule has 1 N–H and O–H groups in total. The highest BCUT2D eigenvalue weighted by Gasteiger charge is 2.17. The van der Waals surface area contributed by atoms with Crippen molar-refractivity contribution in [2.24, 2.45) is 0 Å². The Kier molecular flexibility index (Phi) is 5.90. The number of amides is 1. The fourth-order valence-corrected chi connectivity index (χ4v) is 3.93. The van der Waals surface area contributed by atoms with Crippen LogP contribution in [-0.2, 0) is 4.79 Å². The van der Waals surface area contributed by atoms with Gasteiger partial charge in [0.15, 0.2) is 11.0 Å². The average molecular weight is 416 g/mol. The standard InChI is InChI=1S/C23H21N5OS/c1-16-7-6-8-17(2)21(16)25-20(29)15-30-23-27-26-22(18-11-13-24-14-12-18)28(23)19-9-4-3-5-10-19/h3-14H,15H2,1-2H3,(H,25,29). The van der Waals surface area contributed by atoms with E-state index in [0.717, 1.165) is 28.1 Å². The Morgan fingerprint density at radius 1 is 0.933 bits per heavy atom. The van der Waals surface area contributed by atoms with Crippen LogP contribution in [0.25, 0.3) is 17.1 Å². The minimum Gasteiger partial charge on any atom is -0.325 e. The molecule has 0 fully saturated rings. The predicted molar refractivity (Wildman–Crippen MR) is 120 cm³/mol. The summed E-state index contributed by atoms with van der Waals surface area (Å²) in [4.78, 5) is 16.7. The molecule has 4 aromatic rings. The van der Waals surface area contributed by atoms with E-state index in [0.29, 0.717) is 11.0 Å². The number of aromatic nitrogens is 4. The number of nitrogens with zero attached hydrogens (tertiary/aromatic N) is 4. The highest BCUT2D eigenvalue weighted by molar-refractivity contribution is 7.99. The Hall–Kier alpha value is -3.45. The molecule has 0 saturated carbocycles. The van der Waals surface area contributed by atoms with Crippen LogP contribution in [0.1, 0.15) is 11.1 Å². The first kappa shape index (κ1) is 19.8. The summed E-state index contributed by atoms with van der Waals surface area (Å²) in [5.41, 5.74) is 4.80. The van der Waals surface area contributed by atoms with Crippen molar-refractivity contribution >= 4 is 23.4 Å². The number of carbonyl (C=O) groups is 1. The molecule has 2 aromatic heterocycles. The molecule has 0 bridgehead atoms. The summed E-state index contributed by atoms with van der Waals surface area (Å²) >= 11 is 1.36. The van der Waals surface area contributed by atoms with Crippen LogP contribution in [0.3, 0.4) is 0 Å². The van der Waals surface area contributed by atoms with Gasteiger partial charge in [-0.3, -0.25) is 14.3 Å². The second kappa shape index (κ2) is 8.92. The summed E-state index contributed by atoms with van der Waals surface area (Å²) < 4.78 is 1.96. The van der Waals surface area contributed by atoms with E-state index in [4.69, 9.17) is 0 Å². The number of para-hydroxylation sites is 2. The quantitative estimate of drug-likeness (QED) is 0.463. The van der Waals surface area contributed by atoms with Crippen LogP contribution in [0.2, 0.25) is 0 Å². The van der Waals surface area contributed by atoms with Gasteiger partial charge in [-0.1, -0.05) is 48.2 Å². The van der Waals surface area contributed by atoms with Crippen LogP contribution in [-0.4, -0.2) is 31.4 Å². The van der Waals surface area contributed by atoms with Crippen LogP contribution in [0.4, 0.5) is 5.69 Å². The first-order chi connectivity index (χ1) is 14.6. The van der Waals surface area contributed by atoms with E-state index < -0.39 is 0 Å². The first-order valence-corrected chi connectivity index (χ1v) is 10.5. The molecule has 0 aliphatic heterocycles. The van der Waals surface area contributed by atoms with Crippen molar-refractivity contribution < 1.29 is 4.79 Å². The lowest BCUT2D eigenvalue weighted by atomic mass is 10.1. The zero-order valence-corrected chi connectivity index (χ0v) is 17.6. The summed E-state index contributed by atoms with van der Waals surface area (Å²) in [5.74, 6) is 0.862. The Bertz CT molecular complexity index is 1140. The minimum atomic E-state index is -0.0783. The van der Waals surface area contributed by atoms with Gasteiger partial charge in [0.2, 0.25) is 5.91 Å². The number of nitrogens with one attached hydrogen (secondary N) is 1. The van der Waals surface area contributed by atoms with Crippen LogP contribution in [0.5, 0.6) is 0 Å². The largest absolute Gasteiger partial charge is 0.325 e. The fourth-order valence-electron chi connectivity index (χ4n) is 3.18. The van der Waals surface area contributed by atoms with Crippen LogP contribution in [0.15, 0.2) is 78.2 Å². The molecule has 0 spiro atoms.